The van der Waals surface area contributed by atoms with Gasteiger partial charge in [-0.15, -0.1) is 0 Å². The fourth-order valence-electron chi connectivity index (χ4n) is 2.97. The van der Waals surface area contributed by atoms with Crippen molar-refractivity contribution in [1.29, 1.82) is 0 Å². The van der Waals surface area contributed by atoms with Gasteiger partial charge in [-0.25, -0.2) is 4.39 Å². The maximum absolute atomic E-state index is 13.9. The number of anilines is 1. The second-order valence-electron chi connectivity index (χ2n) is 5.47. The van der Waals surface area contributed by atoms with Crippen molar-refractivity contribution >= 4 is 11.5 Å². The molecule has 1 aliphatic heterocycles. The van der Waals surface area contributed by atoms with Crippen molar-refractivity contribution in [3.63, 3.8) is 0 Å². The molecule has 0 saturated carbocycles. The van der Waals surface area contributed by atoms with E-state index in [2.05, 4.69) is 16.7 Å². The summed E-state index contributed by atoms with van der Waals surface area (Å²) < 4.78 is 13.9. The molecule has 0 spiro atoms. The zero-order chi connectivity index (χ0) is 14.7. The third kappa shape index (κ3) is 3.01. The first-order valence-electron chi connectivity index (χ1n) is 7.29. The van der Waals surface area contributed by atoms with E-state index in [0.717, 1.165) is 32.5 Å². The van der Waals surface area contributed by atoms with Crippen LogP contribution in [-0.2, 0) is 0 Å². The van der Waals surface area contributed by atoms with Crippen molar-refractivity contribution in [3.8, 4) is 0 Å². The Bertz CT molecular complexity index is 481. The lowest BCUT2D eigenvalue weighted by molar-refractivity contribution is 0.101. The summed E-state index contributed by atoms with van der Waals surface area (Å²) in [6.45, 7) is 6.81. The number of benzene rings is 1. The molecule has 1 aromatic carbocycles. The van der Waals surface area contributed by atoms with Gasteiger partial charge in [0.05, 0.1) is 11.3 Å². The predicted octanol–water partition coefficient (Wildman–Crippen LogP) is 2.95. The van der Waals surface area contributed by atoms with E-state index in [1.807, 2.05) is 13.1 Å². The van der Waals surface area contributed by atoms with Crippen molar-refractivity contribution < 1.29 is 9.18 Å². The van der Waals surface area contributed by atoms with Gasteiger partial charge in [-0.3, -0.25) is 4.79 Å². The van der Waals surface area contributed by atoms with Crippen LogP contribution in [0, 0.1) is 5.82 Å². The Morgan fingerprint density at radius 2 is 2.05 bits per heavy atom. The summed E-state index contributed by atoms with van der Waals surface area (Å²) in [7, 11) is 1.97. The number of nitrogens with zero attached hydrogens (tertiary/aromatic N) is 2. The third-order valence-electron chi connectivity index (χ3n) is 4.28. The average Bonchev–Trinajstić information content (AvgIpc) is 2.46. The standard InChI is InChI=1S/C16H23FN2O/c1-4-19-10-8-13(9-11-19)18(3)15-7-5-6-14(17)16(15)12(2)20/h5-7,13H,4,8-11H2,1-3H3. The van der Waals surface area contributed by atoms with Gasteiger partial charge in [0.25, 0.3) is 0 Å². The van der Waals surface area contributed by atoms with Crippen LogP contribution in [0.25, 0.3) is 0 Å². The van der Waals surface area contributed by atoms with E-state index in [4.69, 9.17) is 0 Å². The highest BCUT2D eigenvalue weighted by Gasteiger charge is 2.25. The molecule has 0 N–H and O–H groups in total. The Balaban J connectivity index is 2.20. The molecule has 20 heavy (non-hydrogen) atoms. The molecule has 1 saturated heterocycles. The quantitative estimate of drug-likeness (QED) is 0.791. The fourth-order valence-corrected chi connectivity index (χ4v) is 2.97. The van der Waals surface area contributed by atoms with Crippen molar-refractivity contribution in [1.82, 2.24) is 4.90 Å². The van der Waals surface area contributed by atoms with E-state index in [1.165, 1.54) is 13.0 Å². The number of halogens is 1. The number of piperidine rings is 1. The van der Waals surface area contributed by atoms with Gasteiger partial charge in [0.2, 0.25) is 0 Å². The monoisotopic (exact) mass is 278 g/mol. The van der Waals surface area contributed by atoms with Gasteiger partial charge in [-0.1, -0.05) is 13.0 Å². The molecule has 0 aliphatic carbocycles. The second kappa shape index (κ2) is 6.35. The number of hydrogen-bond acceptors (Lipinski definition) is 3. The van der Waals surface area contributed by atoms with Gasteiger partial charge in [-0.05, 0) is 38.4 Å². The van der Waals surface area contributed by atoms with E-state index < -0.39 is 5.82 Å². The third-order valence-corrected chi connectivity index (χ3v) is 4.28. The van der Waals surface area contributed by atoms with Gasteiger partial charge in [0, 0.05) is 26.2 Å². The summed E-state index contributed by atoms with van der Waals surface area (Å²) in [6, 6.07) is 5.24. The zero-order valence-electron chi connectivity index (χ0n) is 12.5. The molecule has 0 radical (unpaired) electrons. The first-order valence-corrected chi connectivity index (χ1v) is 7.29. The van der Waals surface area contributed by atoms with Crippen LogP contribution < -0.4 is 4.90 Å². The Morgan fingerprint density at radius 3 is 2.60 bits per heavy atom. The Morgan fingerprint density at radius 1 is 1.40 bits per heavy atom. The molecular weight excluding hydrogens is 255 g/mol. The second-order valence-corrected chi connectivity index (χ2v) is 5.47. The molecule has 1 heterocycles. The maximum Gasteiger partial charge on any atom is 0.164 e. The first-order chi connectivity index (χ1) is 9.54. The maximum atomic E-state index is 13.9. The van der Waals surface area contributed by atoms with Crippen molar-refractivity contribution in [3.05, 3.63) is 29.6 Å². The largest absolute Gasteiger partial charge is 0.371 e. The lowest BCUT2D eigenvalue weighted by Crippen LogP contribution is -2.43. The van der Waals surface area contributed by atoms with Crippen molar-refractivity contribution in [2.24, 2.45) is 0 Å². The summed E-state index contributed by atoms with van der Waals surface area (Å²) in [5.74, 6) is -0.635. The highest BCUT2D eigenvalue weighted by molar-refractivity contribution is 6.00. The number of carbonyl (C=O) groups excluding carboxylic acids is 1. The average molecular weight is 278 g/mol. The van der Waals surface area contributed by atoms with E-state index >= 15 is 0 Å². The number of carbonyl (C=O) groups is 1. The minimum Gasteiger partial charge on any atom is -0.371 e. The van der Waals surface area contributed by atoms with Gasteiger partial charge in [0.15, 0.2) is 5.78 Å². The summed E-state index contributed by atoms with van der Waals surface area (Å²) in [6.07, 6.45) is 2.11. The normalized spacial score (nSPS) is 17.2. The van der Waals surface area contributed by atoms with Crippen LogP contribution in [0.3, 0.4) is 0 Å². The van der Waals surface area contributed by atoms with E-state index in [1.54, 1.807) is 6.07 Å². The molecule has 0 bridgehead atoms. The lowest BCUT2D eigenvalue weighted by Gasteiger charge is -2.38. The van der Waals surface area contributed by atoms with Crippen molar-refractivity contribution in [2.45, 2.75) is 32.7 Å². The minimum atomic E-state index is -0.423. The SMILES string of the molecule is CCN1CCC(N(C)c2cccc(F)c2C(C)=O)CC1. The molecule has 0 aromatic heterocycles. The minimum absolute atomic E-state index is 0.212. The Hall–Kier alpha value is -1.42. The predicted molar refractivity (Wildman–Crippen MR) is 79.9 cm³/mol. The molecule has 110 valence electrons. The van der Waals surface area contributed by atoms with Crippen LogP contribution >= 0.6 is 0 Å². The van der Waals surface area contributed by atoms with Crippen LogP contribution in [-0.4, -0.2) is 43.4 Å². The summed E-state index contributed by atoms with van der Waals surface area (Å²) in [4.78, 5) is 16.2. The highest BCUT2D eigenvalue weighted by atomic mass is 19.1. The van der Waals surface area contributed by atoms with Crippen LogP contribution in [0.15, 0.2) is 18.2 Å². The molecule has 1 aromatic rings. The molecule has 4 heteroatoms. The molecule has 3 nitrogen and oxygen atoms in total. The molecule has 1 aliphatic rings. The highest BCUT2D eigenvalue weighted by Crippen LogP contribution is 2.27. The molecular formula is C16H23FN2O. The summed E-state index contributed by atoms with van der Waals surface area (Å²) in [5.41, 5.74) is 0.931. The van der Waals surface area contributed by atoms with Gasteiger partial charge >= 0.3 is 0 Å². The smallest absolute Gasteiger partial charge is 0.164 e. The molecule has 2 rings (SSSR count). The first kappa shape index (κ1) is 15.0. The number of Topliss-reactive ketones (excluding diaryl/α,β-unsaturated/α-hetero) is 1. The molecule has 1 fully saturated rings. The van der Waals surface area contributed by atoms with E-state index in [0.29, 0.717) is 11.7 Å². The molecule has 0 unspecified atom stereocenters. The van der Waals surface area contributed by atoms with Crippen LogP contribution in [0.1, 0.15) is 37.0 Å². The number of rotatable bonds is 4. The summed E-state index contributed by atoms with van der Waals surface area (Å²) >= 11 is 0. The summed E-state index contributed by atoms with van der Waals surface area (Å²) in [5, 5.41) is 0. The fraction of sp³-hybridized carbons (Fsp3) is 0.562. The topological polar surface area (TPSA) is 23.6 Å². The van der Waals surface area contributed by atoms with E-state index in [9.17, 15) is 9.18 Å². The van der Waals surface area contributed by atoms with Gasteiger partial charge < -0.3 is 9.80 Å². The van der Waals surface area contributed by atoms with Crippen LogP contribution in [0.2, 0.25) is 0 Å². The molecule has 0 amide bonds. The number of likely N-dealkylation sites (tertiary alicyclic amines) is 1. The van der Waals surface area contributed by atoms with Gasteiger partial charge in [-0.2, -0.15) is 0 Å². The Kier molecular flexibility index (Phi) is 4.76. The van der Waals surface area contributed by atoms with E-state index in [-0.39, 0.29) is 11.3 Å². The Labute approximate surface area is 120 Å². The van der Waals surface area contributed by atoms with Crippen molar-refractivity contribution in [2.75, 3.05) is 31.6 Å². The molecule has 0 atom stereocenters. The number of hydrogen-bond donors (Lipinski definition) is 0. The van der Waals surface area contributed by atoms with Crippen LogP contribution in [0.5, 0.6) is 0 Å². The van der Waals surface area contributed by atoms with Gasteiger partial charge in [0.1, 0.15) is 5.82 Å². The number of ketones is 1. The zero-order valence-corrected chi connectivity index (χ0v) is 12.5. The van der Waals surface area contributed by atoms with Crippen LogP contribution in [0.4, 0.5) is 10.1 Å². The lowest BCUT2D eigenvalue weighted by atomic mass is 10.0.